The minimum Gasteiger partial charge on any atom is -0.488 e. The largest absolute Gasteiger partial charge is 0.488 e. The zero-order valence-electron chi connectivity index (χ0n) is 17.7. The minimum atomic E-state index is -1.15. The minimum absolute atomic E-state index is 0.0213. The number of aromatic nitrogens is 1. The highest BCUT2D eigenvalue weighted by atomic mass is 127. The molecule has 1 aromatic heterocycles. The maximum Gasteiger partial charge on any atom is 0.352 e. The van der Waals surface area contributed by atoms with Crippen molar-refractivity contribution in [1.82, 2.24) is 4.90 Å². The topological polar surface area (TPSA) is 117 Å². The first-order chi connectivity index (χ1) is 15.2. The van der Waals surface area contributed by atoms with E-state index in [1.165, 1.54) is 4.90 Å². The van der Waals surface area contributed by atoms with Crippen molar-refractivity contribution in [2.24, 2.45) is 11.8 Å². The quantitative estimate of drug-likeness (QED) is 0.275. The van der Waals surface area contributed by atoms with E-state index in [1.807, 2.05) is 54.1 Å². The highest BCUT2D eigenvalue weighted by Gasteiger charge is 2.59. The van der Waals surface area contributed by atoms with Gasteiger partial charge >= 0.3 is 5.97 Å². The summed E-state index contributed by atoms with van der Waals surface area (Å²) >= 11 is 2.19. The Labute approximate surface area is 199 Å². The van der Waals surface area contributed by atoms with Crippen LogP contribution in [0.3, 0.4) is 0 Å². The number of carbonyl (C=O) groups is 2. The fourth-order valence-electron chi connectivity index (χ4n) is 4.58. The first kappa shape index (κ1) is 22.5. The number of halogens is 1. The molecule has 0 saturated carbocycles. The Morgan fingerprint density at radius 3 is 2.72 bits per heavy atom. The Balaban J connectivity index is 1.51. The number of pyridine rings is 1. The molecule has 0 radical (unpaired) electrons. The molecule has 4 atom stereocenters. The summed E-state index contributed by atoms with van der Waals surface area (Å²) in [4.78, 5) is 25.7. The predicted molar refractivity (Wildman–Crippen MR) is 124 cm³/mol. The van der Waals surface area contributed by atoms with Gasteiger partial charge in [-0.15, -0.1) is 0 Å². The fourth-order valence-corrected chi connectivity index (χ4v) is 5.32. The number of benzene rings is 1. The molecule has 3 heterocycles. The first-order valence-corrected chi connectivity index (χ1v) is 11.4. The van der Waals surface area contributed by atoms with E-state index in [-0.39, 0.29) is 30.2 Å². The number of aliphatic hydroxyl groups is 1. The maximum atomic E-state index is 12.4. The number of fused-ring (bicyclic) bond motifs is 1. The highest BCUT2D eigenvalue weighted by molar-refractivity contribution is 14.1. The molecule has 2 aliphatic heterocycles. The second-order valence-corrected chi connectivity index (χ2v) is 9.40. The number of carbonyl (C=O) groups excluding carboxylic acids is 1. The van der Waals surface area contributed by atoms with Crippen molar-refractivity contribution in [3.63, 3.8) is 0 Å². The molecule has 2 aliphatic rings. The molecule has 9 heteroatoms. The summed E-state index contributed by atoms with van der Waals surface area (Å²) in [7, 11) is 0. The van der Waals surface area contributed by atoms with E-state index in [4.69, 9.17) is 10.5 Å². The number of aliphatic carboxylic acids is 1. The molecule has 2 aromatic rings. The summed E-state index contributed by atoms with van der Waals surface area (Å²) in [6, 6.07) is 11.1. The second kappa shape index (κ2) is 8.70. The Morgan fingerprint density at radius 1 is 1.34 bits per heavy atom. The van der Waals surface area contributed by atoms with Gasteiger partial charge in [-0.25, -0.2) is 9.36 Å². The lowest BCUT2D eigenvalue weighted by molar-refractivity contribution is -0.674. The van der Waals surface area contributed by atoms with Crippen molar-refractivity contribution < 1.29 is 29.1 Å². The molecule has 1 amide bonds. The molecular formula is C23H25IN3O5+. The van der Waals surface area contributed by atoms with Crippen LogP contribution in [0.1, 0.15) is 19.4 Å². The summed E-state index contributed by atoms with van der Waals surface area (Å²) < 4.78 is 8.82. The fraction of sp³-hybridized carbons (Fsp3) is 0.348. The molecule has 1 aromatic carbocycles. The Kier molecular flexibility index (Phi) is 6.13. The van der Waals surface area contributed by atoms with Crippen LogP contribution >= 0.6 is 22.6 Å². The molecule has 168 valence electrons. The van der Waals surface area contributed by atoms with Gasteiger partial charge in [0, 0.05) is 17.6 Å². The van der Waals surface area contributed by atoms with Gasteiger partial charge in [-0.2, -0.15) is 0 Å². The van der Waals surface area contributed by atoms with E-state index in [1.54, 1.807) is 6.92 Å². The third-order valence-electron chi connectivity index (χ3n) is 6.23. The van der Waals surface area contributed by atoms with Gasteiger partial charge in [0.1, 0.15) is 24.6 Å². The van der Waals surface area contributed by atoms with Crippen LogP contribution in [0.4, 0.5) is 5.82 Å². The van der Waals surface area contributed by atoms with Crippen LogP contribution < -0.4 is 15.0 Å². The zero-order chi connectivity index (χ0) is 23.2. The Bertz CT molecular complexity index is 1120. The predicted octanol–water partition coefficient (Wildman–Crippen LogP) is 1.78. The van der Waals surface area contributed by atoms with E-state index < -0.39 is 18.0 Å². The zero-order valence-corrected chi connectivity index (χ0v) is 19.9. The lowest BCUT2D eigenvalue weighted by Crippen LogP contribution is -2.63. The lowest BCUT2D eigenvalue weighted by Gasteiger charge is -2.46. The first-order valence-electron chi connectivity index (χ1n) is 10.3. The van der Waals surface area contributed by atoms with Gasteiger partial charge in [-0.1, -0.05) is 19.1 Å². The Hall–Kier alpha value is -2.66. The van der Waals surface area contributed by atoms with E-state index in [2.05, 4.69) is 22.6 Å². The standard InChI is InChI=1S/C23H24IN3O5/c1-12-15(21(23(30)31)27-20(12)19(13(2)28)22(27)29)11-32-17-7-6-14(9-16(17)24)10-26-8-4-3-5-18(26)25/h3-9,12-13,19-20,25,28H,10-11H2,1-2H3,(H,30,31)/p+1/t12-,13+,19+,20+/m0/s1. The van der Waals surface area contributed by atoms with Crippen molar-refractivity contribution in [1.29, 1.82) is 0 Å². The average Bonchev–Trinajstić information content (AvgIpc) is 2.97. The number of aliphatic hydroxyl groups excluding tert-OH is 1. The number of carboxylic acids is 1. The van der Waals surface area contributed by atoms with Gasteiger partial charge in [0.25, 0.3) is 5.82 Å². The summed E-state index contributed by atoms with van der Waals surface area (Å²) in [6.07, 6.45) is 1.09. The average molecular weight is 550 g/mol. The number of hydrogen-bond acceptors (Lipinski definition) is 5. The molecule has 4 rings (SSSR count). The summed E-state index contributed by atoms with van der Waals surface area (Å²) in [5, 5.41) is 19.7. The number of rotatable bonds is 7. The van der Waals surface area contributed by atoms with Gasteiger partial charge in [-0.05, 0) is 53.3 Å². The number of hydrogen-bond donors (Lipinski definition) is 3. The normalized spacial score (nSPS) is 23.1. The van der Waals surface area contributed by atoms with Crippen LogP contribution in [-0.2, 0) is 16.1 Å². The number of ether oxygens (including phenoxy) is 1. The molecule has 0 bridgehead atoms. The van der Waals surface area contributed by atoms with Gasteiger partial charge < -0.3 is 19.8 Å². The van der Waals surface area contributed by atoms with Crippen molar-refractivity contribution in [3.05, 3.63) is 63.0 Å². The number of amides is 1. The van der Waals surface area contributed by atoms with E-state index in [0.717, 1.165) is 9.13 Å². The number of nitrogens with zero attached hydrogens (tertiary/aromatic N) is 2. The molecule has 1 fully saturated rings. The van der Waals surface area contributed by atoms with Crippen molar-refractivity contribution >= 4 is 40.3 Å². The number of carboxylic acid groups (broad SMARTS) is 1. The van der Waals surface area contributed by atoms with Gasteiger partial charge in [0.2, 0.25) is 5.91 Å². The number of nitrogen functional groups attached to an aromatic ring is 1. The van der Waals surface area contributed by atoms with Gasteiger partial charge in [0.15, 0.2) is 0 Å². The molecular weight excluding hydrogens is 525 g/mol. The lowest BCUT2D eigenvalue weighted by atomic mass is 9.78. The third-order valence-corrected chi connectivity index (χ3v) is 7.07. The third kappa shape index (κ3) is 3.83. The molecule has 32 heavy (non-hydrogen) atoms. The van der Waals surface area contributed by atoms with Crippen molar-refractivity contribution in [2.45, 2.75) is 32.5 Å². The van der Waals surface area contributed by atoms with E-state index >= 15 is 0 Å². The van der Waals surface area contributed by atoms with Crippen LogP contribution in [0.15, 0.2) is 53.9 Å². The SMILES string of the molecule is C[C@@H](O)[C@H]1C(=O)N2C(C(=O)O)=C(COc3ccc(C[n+]4ccccc4N)cc3I)[C@H](C)[C@H]12. The number of β-lactam (4-membered cyclic amide) rings is 1. The van der Waals surface area contributed by atoms with Crippen LogP contribution in [0, 0.1) is 15.4 Å². The Morgan fingerprint density at radius 2 is 2.09 bits per heavy atom. The van der Waals surface area contributed by atoms with E-state index in [9.17, 15) is 19.8 Å². The van der Waals surface area contributed by atoms with Gasteiger partial charge in [-0.3, -0.25) is 10.5 Å². The smallest absolute Gasteiger partial charge is 0.352 e. The molecule has 0 spiro atoms. The number of anilines is 1. The van der Waals surface area contributed by atoms with Crippen LogP contribution in [-0.4, -0.2) is 45.7 Å². The van der Waals surface area contributed by atoms with Crippen LogP contribution in [0.5, 0.6) is 5.75 Å². The summed E-state index contributed by atoms with van der Waals surface area (Å²) in [5.74, 6) is -0.996. The molecule has 4 N–H and O–H groups in total. The summed E-state index contributed by atoms with van der Waals surface area (Å²) in [6.45, 7) is 4.12. The summed E-state index contributed by atoms with van der Waals surface area (Å²) in [5.41, 5.74) is 7.60. The van der Waals surface area contributed by atoms with Crippen LogP contribution in [0.2, 0.25) is 0 Å². The molecule has 1 saturated heterocycles. The van der Waals surface area contributed by atoms with E-state index in [0.29, 0.717) is 23.7 Å². The van der Waals surface area contributed by atoms with Gasteiger partial charge in [0.05, 0.1) is 27.8 Å². The molecule has 0 aliphatic carbocycles. The monoisotopic (exact) mass is 550 g/mol. The second-order valence-electron chi connectivity index (χ2n) is 8.24. The number of nitrogens with two attached hydrogens (primary N) is 1. The van der Waals surface area contributed by atoms with Crippen molar-refractivity contribution in [3.8, 4) is 5.75 Å². The van der Waals surface area contributed by atoms with Crippen molar-refractivity contribution in [2.75, 3.05) is 12.3 Å². The van der Waals surface area contributed by atoms with Crippen LogP contribution in [0.25, 0.3) is 0 Å². The maximum absolute atomic E-state index is 12.4. The molecule has 8 nitrogen and oxygen atoms in total. The molecule has 0 unspecified atom stereocenters. The highest BCUT2D eigenvalue weighted by Crippen LogP contribution is 2.47.